The summed E-state index contributed by atoms with van der Waals surface area (Å²) in [7, 11) is 7.59. The third-order valence-electron chi connectivity index (χ3n) is 13.6. The highest BCUT2D eigenvalue weighted by molar-refractivity contribution is 5.65. The minimum atomic E-state index is -0.229. The Balaban J connectivity index is 0.000000157. The Morgan fingerprint density at radius 2 is 0.812 bits per heavy atom. The summed E-state index contributed by atoms with van der Waals surface area (Å²) in [6, 6.07) is 59.7. The van der Waals surface area contributed by atoms with Crippen molar-refractivity contribution in [3.05, 3.63) is 284 Å². The van der Waals surface area contributed by atoms with Crippen LogP contribution in [-0.2, 0) is 19.7 Å². The van der Waals surface area contributed by atoms with Crippen molar-refractivity contribution in [1.82, 2.24) is 69.5 Å². The quantitative estimate of drug-likeness (QED) is 0.0635. The second-order valence-electron chi connectivity index (χ2n) is 21.3. The molecule has 0 aliphatic heterocycles. The van der Waals surface area contributed by atoms with Crippen molar-refractivity contribution >= 4 is 29.7 Å². The predicted molar refractivity (Wildman–Crippen MR) is 367 cm³/mol. The van der Waals surface area contributed by atoms with E-state index in [2.05, 4.69) is 72.4 Å². The number of aliphatic hydroxyl groups is 1. The highest BCUT2D eigenvalue weighted by Gasteiger charge is 2.11. The minimum absolute atomic E-state index is 0.0129. The zero-order chi connectivity index (χ0) is 67.8. The van der Waals surface area contributed by atoms with Crippen molar-refractivity contribution in [2.75, 3.05) is 33.9 Å². The summed E-state index contributed by atoms with van der Waals surface area (Å²) < 4.78 is 2.84. The van der Waals surface area contributed by atoms with Gasteiger partial charge in [-0.3, -0.25) is 14.4 Å². The van der Waals surface area contributed by atoms with Gasteiger partial charge in [-0.1, -0.05) is 91.0 Å². The lowest BCUT2D eigenvalue weighted by Crippen LogP contribution is -2.22. The number of nitriles is 3. The summed E-state index contributed by atoms with van der Waals surface area (Å²) in [4.78, 5) is 73.6. The van der Waals surface area contributed by atoms with E-state index >= 15 is 0 Å². The Hall–Kier alpha value is -13.6. The van der Waals surface area contributed by atoms with Crippen LogP contribution in [0.5, 0.6) is 0 Å². The van der Waals surface area contributed by atoms with Crippen LogP contribution in [-0.4, -0.2) is 115 Å². The Kier molecular flexibility index (Phi) is 22.9. The van der Waals surface area contributed by atoms with Crippen LogP contribution in [0.3, 0.4) is 0 Å². The van der Waals surface area contributed by atoms with Crippen LogP contribution in [0.1, 0.15) is 33.4 Å². The van der Waals surface area contributed by atoms with E-state index < -0.39 is 0 Å². The second-order valence-corrected chi connectivity index (χ2v) is 21.3. The van der Waals surface area contributed by atoms with Crippen molar-refractivity contribution < 1.29 is 5.11 Å². The van der Waals surface area contributed by atoms with Gasteiger partial charge in [-0.25, -0.2) is 54.4 Å². The fourth-order valence-corrected chi connectivity index (χ4v) is 8.78. The lowest BCUT2D eigenvalue weighted by Gasteiger charge is -2.09. The summed E-state index contributed by atoms with van der Waals surface area (Å²) in [6.45, 7) is 0.632. The molecule has 0 aliphatic carbocycles. The molecule has 12 rings (SSSR count). The number of aliphatic imine (C=N–C) groups is 2. The molecule has 96 heavy (non-hydrogen) atoms. The zero-order valence-corrected chi connectivity index (χ0v) is 52.4. The maximum Gasteiger partial charge on any atom is 0.267 e. The average Bonchev–Trinajstić information content (AvgIpc) is 0.951. The number of aromatic nitrogens is 12. The molecule has 0 saturated carbocycles. The fourth-order valence-electron chi connectivity index (χ4n) is 8.78. The third-order valence-corrected chi connectivity index (χ3v) is 13.6. The van der Waals surface area contributed by atoms with Crippen molar-refractivity contribution in [3.63, 3.8) is 0 Å². The number of aromatic amines is 1. The van der Waals surface area contributed by atoms with Gasteiger partial charge in [-0.15, -0.1) is 0 Å². The highest BCUT2D eigenvalue weighted by Crippen LogP contribution is 2.23. The molecule has 0 spiro atoms. The molecule has 6 aromatic heterocycles. The van der Waals surface area contributed by atoms with Gasteiger partial charge < -0.3 is 20.6 Å². The van der Waals surface area contributed by atoms with Gasteiger partial charge in [0.2, 0.25) is 0 Å². The predicted octanol–water partition coefficient (Wildman–Crippen LogP) is 9.54. The van der Waals surface area contributed by atoms with E-state index in [4.69, 9.17) is 26.6 Å². The van der Waals surface area contributed by atoms with E-state index in [-0.39, 0.29) is 23.3 Å². The van der Waals surface area contributed by atoms with E-state index in [1.54, 1.807) is 117 Å². The summed E-state index contributed by atoms with van der Waals surface area (Å²) in [5.74, 6) is 1.76. The van der Waals surface area contributed by atoms with Crippen molar-refractivity contribution in [2.45, 2.75) is 19.7 Å². The molecule has 12 aromatic rings. The molecular weight excluding hydrogens is 1210 g/mol. The molecular formula is C72H60N20O4. The maximum atomic E-state index is 12.4. The number of hydrogen-bond acceptors (Lipinski definition) is 19. The first-order valence-corrected chi connectivity index (χ1v) is 29.4. The van der Waals surface area contributed by atoms with Crippen LogP contribution in [0.4, 0.5) is 17.1 Å². The number of nitrogens with two attached hydrogens (primary N) is 1. The van der Waals surface area contributed by atoms with Crippen LogP contribution in [0.2, 0.25) is 0 Å². The van der Waals surface area contributed by atoms with Gasteiger partial charge in [0.25, 0.3) is 16.7 Å². The average molecular weight is 1270 g/mol. The molecule has 0 saturated heterocycles. The topological polar surface area (TPSA) is 342 Å². The van der Waals surface area contributed by atoms with Gasteiger partial charge in [-0.2, -0.15) is 31.1 Å². The molecule has 4 N–H and O–H groups in total. The van der Waals surface area contributed by atoms with Crippen LogP contribution in [0, 0.1) is 34.0 Å². The number of aliphatic hydroxyl groups excluding tert-OH is 1. The lowest BCUT2D eigenvalue weighted by molar-refractivity contribution is 0.282. The number of H-pyrrole nitrogens is 1. The molecule has 0 aliphatic rings. The fraction of sp³-hybridized carbons (Fsp3) is 0.0972. The molecule has 0 atom stereocenters. The Morgan fingerprint density at radius 1 is 0.458 bits per heavy atom. The Labute approximate surface area is 551 Å². The first kappa shape index (κ1) is 66.8. The number of anilines is 1. The smallest absolute Gasteiger partial charge is 0.267 e. The number of nitrogen functional groups attached to an aromatic ring is 1. The van der Waals surface area contributed by atoms with Gasteiger partial charge in [-0.05, 0) is 89.5 Å². The zero-order valence-electron chi connectivity index (χ0n) is 52.4. The van der Waals surface area contributed by atoms with Crippen LogP contribution in [0.25, 0.3) is 67.9 Å². The molecule has 0 fully saturated rings. The maximum absolute atomic E-state index is 12.4. The molecule has 24 nitrogen and oxygen atoms in total. The van der Waals surface area contributed by atoms with Crippen molar-refractivity contribution in [3.8, 4) is 86.1 Å². The Morgan fingerprint density at radius 3 is 1.17 bits per heavy atom. The normalized spacial score (nSPS) is 10.5. The third kappa shape index (κ3) is 19.2. The van der Waals surface area contributed by atoms with E-state index in [9.17, 15) is 14.4 Å². The van der Waals surface area contributed by atoms with Crippen LogP contribution >= 0.6 is 0 Å². The first-order chi connectivity index (χ1) is 46.6. The Bertz CT molecular complexity index is 4960. The van der Waals surface area contributed by atoms with Gasteiger partial charge in [0.1, 0.15) is 11.4 Å². The second kappa shape index (κ2) is 32.9. The van der Waals surface area contributed by atoms with Crippen molar-refractivity contribution in [1.29, 1.82) is 15.8 Å². The van der Waals surface area contributed by atoms with Gasteiger partial charge in [0.15, 0.2) is 17.5 Å². The van der Waals surface area contributed by atoms with E-state index in [0.717, 1.165) is 50.1 Å². The molecule has 6 heterocycles. The number of benzene rings is 6. The first-order valence-electron chi connectivity index (χ1n) is 29.4. The largest absolute Gasteiger partial charge is 0.396 e. The number of nitrogens with zero attached hydrogens (tertiary/aromatic N) is 18. The van der Waals surface area contributed by atoms with Gasteiger partial charge in [0, 0.05) is 79.8 Å². The summed E-state index contributed by atoms with van der Waals surface area (Å²) in [5, 5.41) is 50.9. The summed E-state index contributed by atoms with van der Waals surface area (Å²) in [5.41, 5.74) is 18.4. The summed E-state index contributed by atoms with van der Waals surface area (Å²) >= 11 is 0. The standard InChI is InChI=1S/C25H21N7O.C22H16N6O.C14H16N4O.C11H7N3O/c1-31(2)17-29-22-14-27-25(28-15-22)21-5-3-4-19(12-21)16-32-24(33)11-10-23(30-32)20-8-6-18(13-26)7-9-20;23-11-15-4-6-17(7-5-15)20-8-9-21(29)28(27-20)14-16-2-1-3-18(10-16)22-25-12-19(24)13-26-22;1-18(2)10-17-13-7-15-14(16-8-13)12-5-3-4-11(6-12)9-19;12-7-8-1-3-9(4-2-8)10-5-6-11(15)14-13-10/h3-12,14-15,17H,16H2,1-2H3;1-10,12-13H,14,24H2;3-8,10,19H,9H2,1-2H3;1-6H,(H,14,15). The van der Waals surface area contributed by atoms with Crippen LogP contribution < -0.4 is 22.4 Å². The molecule has 0 bridgehead atoms. The summed E-state index contributed by atoms with van der Waals surface area (Å²) in [6.07, 6.45) is 13.2. The molecule has 6 aromatic carbocycles. The van der Waals surface area contributed by atoms with Gasteiger partial charge >= 0.3 is 0 Å². The molecule has 0 amide bonds. The van der Waals surface area contributed by atoms with E-state index in [0.29, 0.717) is 81.4 Å². The number of nitrogens with one attached hydrogen (secondary N) is 1. The van der Waals surface area contributed by atoms with Crippen LogP contribution in [0.15, 0.2) is 244 Å². The number of rotatable bonds is 15. The lowest BCUT2D eigenvalue weighted by atomic mass is 10.1. The molecule has 0 unspecified atom stereocenters. The molecule has 24 heteroatoms. The number of hydrogen-bond donors (Lipinski definition) is 3. The molecule has 0 radical (unpaired) electrons. The van der Waals surface area contributed by atoms with Crippen molar-refractivity contribution in [2.24, 2.45) is 9.98 Å². The van der Waals surface area contributed by atoms with E-state index in [1.165, 1.54) is 27.6 Å². The minimum Gasteiger partial charge on any atom is -0.396 e. The monoisotopic (exact) mass is 1270 g/mol. The SMILES string of the molecule is CN(C)C=Nc1cnc(-c2cccc(CO)c2)nc1.CN(C)C=Nc1cnc(-c2cccc(Cn3nc(-c4ccc(C#N)cc4)ccc3=O)c2)nc1.N#Cc1ccc(-c2ccc(=O)[nH]n2)cc1.N#Cc1ccc(-c2ccc(=O)n(Cc3cccc(-c4ncc(N)cn4)c3)n2)cc1. The highest BCUT2D eigenvalue weighted by atomic mass is 16.3. The van der Waals surface area contributed by atoms with E-state index in [1.807, 2.05) is 141 Å². The molecule has 472 valence electrons. The van der Waals surface area contributed by atoms with Gasteiger partial charge in [0.05, 0.1) is 127 Å².